The van der Waals surface area contributed by atoms with Gasteiger partial charge in [0.1, 0.15) is 4.32 Å². The fourth-order valence-corrected chi connectivity index (χ4v) is 4.67. The summed E-state index contributed by atoms with van der Waals surface area (Å²) in [6.45, 7) is 3.77. The molecule has 0 radical (unpaired) electrons. The van der Waals surface area contributed by atoms with Crippen molar-refractivity contribution in [3.8, 4) is 5.69 Å². The molecule has 1 aliphatic heterocycles. The average Bonchev–Trinajstić information content (AvgIpc) is 3.10. The van der Waals surface area contributed by atoms with Crippen LogP contribution in [0.3, 0.4) is 0 Å². The van der Waals surface area contributed by atoms with Crippen molar-refractivity contribution in [1.82, 2.24) is 9.47 Å². The second kappa shape index (κ2) is 8.88. The maximum atomic E-state index is 13.1. The van der Waals surface area contributed by atoms with Gasteiger partial charge in [-0.25, -0.2) is 0 Å². The van der Waals surface area contributed by atoms with Crippen molar-refractivity contribution in [2.75, 3.05) is 6.54 Å². The molecule has 1 aromatic heterocycles. The van der Waals surface area contributed by atoms with Crippen LogP contribution in [0.5, 0.6) is 0 Å². The highest BCUT2D eigenvalue weighted by Crippen LogP contribution is 2.35. The van der Waals surface area contributed by atoms with E-state index >= 15 is 0 Å². The van der Waals surface area contributed by atoms with Crippen LogP contribution in [-0.4, -0.2) is 37.3 Å². The summed E-state index contributed by atoms with van der Waals surface area (Å²) < 4.78 is 41.4. The molecule has 1 aliphatic rings. The highest BCUT2D eigenvalue weighted by molar-refractivity contribution is 8.26. The molecule has 5 nitrogen and oxygen atoms in total. The number of halogens is 3. The van der Waals surface area contributed by atoms with Crippen molar-refractivity contribution in [1.29, 1.82) is 0 Å². The average molecular weight is 469 g/mol. The first kappa shape index (κ1) is 23.1. The number of hydrogen-bond acceptors (Lipinski definition) is 4. The van der Waals surface area contributed by atoms with Gasteiger partial charge in [0.25, 0.3) is 5.91 Å². The summed E-state index contributed by atoms with van der Waals surface area (Å²) in [6, 6.07) is 6.87. The Labute approximate surface area is 186 Å². The number of carbonyl (C=O) groups excluding carboxylic acids is 1. The predicted molar refractivity (Wildman–Crippen MR) is 117 cm³/mol. The summed E-state index contributed by atoms with van der Waals surface area (Å²) in [7, 11) is 0. The van der Waals surface area contributed by atoms with Crippen molar-refractivity contribution in [2.24, 2.45) is 0 Å². The van der Waals surface area contributed by atoms with Crippen LogP contribution in [0.15, 0.2) is 35.2 Å². The standard InChI is InChI=1S/C21H19F3N2O3S2/c1-12-9-14(10-17-19(29)25(20(30)31-17)8-4-7-18(27)28)13(2)26(12)16-6-3-5-15(11-16)21(22,23)24/h3,5-6,9-11H,4,7-8H2,1-2H3,(H,27,28)/b17-10+. The van der Waals surface area contributed by atoms with Crippen LogP contribution in [-0.2, 0) is 15.8 Å². The molecule has 1 N–H and O–H groups in total. The SMILES string of the molecule is Cc1cc(/C=C2/SC(=S)N(CCCC(=O)O)C2=O)c(C)n1-c1cccc(C(F)(F)F)c1. The minimum Gasteiger partial charge on any atom is -0.481 e. The van der Waals surface area contributed by atoms with E-state index in [0.29, 0.717) is 32.6 Å². The Morgan fingerprint density at radius 3 is 2.61 bits per heavy atom. The van der Waals surface area contributed by atoms with Gasteiger partial charge >= 0.3 is 12.1 Å². The van der Waals surface area contributed by atoms with Gasteiger partial charge in [-0.15, -0.1) is 0 Å². The highest BCUT2D eigenvalue weighted by Gasteiger charge is 2.32. The fourth-order valence-electron chi connectivity index (χ4n) is 3.37. The van der Waals surface area contributed by atoms with E-state index in [2.05, 4.69) is 0 Å². The second-order valence-corrected chi connectivity index (χ2v) is 8.72. The molecule has 31 heavy (non-hydrogen) atoms. The van der Waals surface area contributed by atoms with Gasteiger partial charge in [0.15, 0.2) is 0 Å². The van der Waals surface area contributed by atoms with E-state index in [4.69, 9.17) is 17.3 Å². The number of aromatic nitrogens is 1. The number of carbonyl (C=O) groups is 2. The van der Waals surface area contributed by atoms with E-state index in [9.17, 15) is 22.8 Å². The van der Waals surface area contributed by atoms with E-state index in [1.807, 2.05) is 0 Å². The van der Waals surface area contributed by atoms with Crippen LogP contribution >= 0.6 is 24.0 Å². The molecule has 0 aliphatic carbocycles. The quantitative estimate of drug-likeness (QED) is 0.468. The summed E-state index contributed by atoms with van der Waals surface area (Å²) in [4.78, 5) is 25.2. The van der Waals surface area contributed by atoms with E-state index < -0.39 is 17.7 Å². The number of aryl methyl sites for hydroxylation is 1. The zero-order valence-corrected chi connectivity index (χ0v) is 18.3. The molecule has 0 unspecified atom stereocenters. The third-order valence-corrected chi connectivity index (χ3v) is 6.21. The van der Waals surface area contributed by atoms with Crippen molar-refractivity contribution in [3.63, 3.8) is 0 Å². The number of carboxylic acid groups (broad SMARTS) is 1. The van der Waals surface area contributed by atoms with E-state index in [1.165, 1.54) is 11.0 Å². The number of thioether (sulfide) groups is 1. The Balaban J connectivity index is 1.89. The highest BCUT2D eigenvalue weighted by atomic mass is 32.2. The van der Waals surface area contributed by atoms with Crippen LogP contribution in [0.2, 0.25) is 0 Å². The number of nitrogens with zero attached hydrogens (tertiary/aromatic N) is 2. The van der Waals surface area contributed by atoms with Crippen molar-refractivity contribution in [3.05, 3.63) is 57.8 Å². The topological polar surface area (TPSA) is 62.5 Å². The molecule has 1 fully saturated rings. The molecule has 0 saturated carbocycles. The van der Waals surface area contributed by atoms with Crippen molar-refractivity contribution >= 4 is 46.3 Å². The Bertz CT molecular complexity index is 1090. The smallest absolute Gasteiger partial charge is 0.416 e. The van der Waals surface area contributed by atoms with E-state index in [-0.39, 0.29) is 18.9 Å². The molecule has 1 amide bonds. The van der Waals surface area contributed by atoms with Gasteiger partial charge in [-0.1, -0.05) is 30.0 Å². The molecular weight excluding hydrogens is 449 g/mol. The van der Waals surface area contributed by atoms with Gasteiger partial charge in [-0.2, -0.15) is 13.2 Å². The zero-order chi connectivity index (χ0) is 22.9. The van der Waals surface area contributed by atoms with E-state index in [1.54, 1.807) is 36.6 Å². The molecular formula is C21H19F3N2O3S2. The van der Waals surface area contributed by atoms with Gasteiger partial charge in [0, 0.05) is 30.0 Å². The predicted octanol–water partition coefficient (Wildman–Crippen LogP) is 5.18. The number of aliphatic carboxylic acids is 1. The Kier molecular flexibility index (Phi) is 6.61. The summed E-state index contributed by atoms with van der Waals surface area (Å²) in [6.07, 6.45) is -2.54. The van der Waals surface area contributed by atoms with Gasteiger partial charge in [-0.05, 0) is 56.2 Å². The Morgan fingerprint density at radius 1 is 1.26 bits per heavy atom. The lowest BCUT2D eigenvalue weighted by molar-refractivity contribution is -0.138. The van der Waals surface area contributed by atoms with Crippen molar-refractivity contribution < 1.29 is 27.9 Å². The third kappa shape index (κ3) is 5.01. The number of rotatable bonds is 6. The lowest BCUT2D eigenvalue weighted by Gasteiger charge is -2.13. The molecule has 0 bridgehead atoms. The minimum atomic E-state index is -4.44. The number of hydrogen-bond donors (Lipinski definition) is 1. The fraction of sp³-hybridized carbons (Fsp3) is 0.286. The molecule has 0 spiro atoms. The monoisotopic (exact) mass is 468 g/mol. The molecule has 2 heterocycles. The molecule has 2 aromatic rings. The molecule has 10 heteroatoms. The Hall–Kier alpha value is -2.59. The first-order chi connectivity index (χ1) is 14.5. The van der Waals surface area contributed by atoms with Crippen LogP contribution in [0.1, 0.15) is 35.4 Å². The van der Waals surface area contributed by atoms with Crippen LogP contribution in [0.25, 0.3) is 11.8 Å². The number of carboxylic acids is 1. The number of alkyl halides is 3. The number of amides is 1. The molecule has 0 atom stereocenters. The van der Waals surface area contributed by atoms with Crippen molar-refractivity contribution in [2.45, 2.75) is 32.9 Å². The normalized spacial score (nSPS) is 15.9. The maximum absolute atomic E-state index is 13.1. The molecule has 164 valence electrons. The third-order valence-electron chi connectivity index (χ3n) is 4.83. The zero-order valence-electron chi connectivity index (χ0n) is 16.7. The molecule has 3 rings (SSSR count). The summed E-state index contributed by atoms with van der Waals surface area (Å²) in [5.41, 5.74) is 1.75. The summed E-state index contributed by atoms with van der Waals surface area (Å²) in [5, 5.41) is 8.76. The van der Waals surface area contributed by atoms with Gasteiger partial charge in [0.05, 0.1) is 10.5 Å². The minimum absolute atomic E-state index is 0.0613. The van der Waals surface area contributed by atoms with Crippen LogP contribution in [0.4, 0.5) is 13.2 Å². The summed E-state index contributed by atoms with van der Waals surface area (Å²) >= 11 is 6.37. The molecule has 1 saturated heterocycles. The van der Waals surface area contributed by atoms with Gasteiger partial charge in [-0.3, -0.25) is 14.5 Å². The number of thiocarbonyl (C=S) groups is 1. The maximum Gasteiger partial charge on any atom is 0.416 e. The number of benzene rings is 1. The second-order valence-electron chi connectivity index (χ2n) is 7.04. The lowest BCUT2D eigenvalue weighted by Crippen LogP contribution is -2.29. The van der Waals surface area contributed by atoms with Gasteiger partial charge in [0.2, 0.25) is 0 Å². The first-order valence-electron chi connectivity index (χ1n) is 9.33. The van der Waals surface area contributed by atoms with Crippen LogP contribution in [0, 0.1) is 13.8 Å². The lowest BCUT2D eigenvalue weighted by atomic mass is 10.2. The first-order valence-corrected chi connectivity index (χ1v) is 10.5. The Morgan fingerprint density at radius 2 is 1.97 bits per heavy atom. The molecule has 1 aromatic carbocycles. The summed E-state index contributed by atoms with van der Waals surface area (Å²) in [5.74, 6) is -1.24. The largest absolute Gasteiger partial charge is 0.481 e. The van der Waals surface area contributed by atoms with Crippen LogP contribution < -0.4 is 0 Å². The van der Waals surface area contributed by atoms with Gasteiger partial charge < -0.3 is 9.67 Å². The van der Waals surface area contributed by atoms with E-state index in [0.717, 1.165) is 29.6 Å².